The summed E-state index contributed by atoms with van der Waals surface area (Å²) in [6, 6.07) is 4.11. The molecule has 4 heteroatoms. The van der Waals surface area contributed by atoms with E-state index in [0.717, 1.165) is 45.3 Å². The minimum atomic E-state index is -0.552. The van der Waals surface area contributed by atoms with Crippen LogP contribution in [0.5, 0.6) is 0 Å². The maximum atomic E-state index is 10.3. The molecule has 110 valence electrons. The van der Waals surface area contributed by atoms with Crippen LogP contribution < -0.4 is 0 Å². The molecule has 1 spiro atoms. The highest BCUT2D eigenvalue weighted by Gasteiger charge is 2.44. The molecule has 0 radical (unpaired) electrons. The third-order valence-corrected chi connectivity index (χ3v) is 4.65. The Labute approximate surface area is 120 Å². The Morgan fingerprint density at radius 1 is 1.35 bits per heavy atom. The highest BCUT2D eigenvalue weighted by Crippen LogP contribution is 2.39. The number of aliphatic hydroxyl groups is 1. The summed E-state index contributed by atoms with van der Waals surface area (Å²) in [5, 5.41) is 10.3. The highest BCUT2D eigenvalue weighted by molar-refractivity contribution is 5.08. The van der Waals surface area contributed by atoms with Gasteiger partial charge in [-0.15, -0.1) is 0 Å². The smallest absolute Gasteiger partial charge is 0.0734 e. The number of ether oxygens (including phenoxy) is 1. The molecular weight excluding hydrogens is 252 g/mol. The molecule has 1 aromatic rings. The Bertz CT molecular complexity index is 439. The van der Waals surface area contributed by atoms with E-state index in [1.54, 1.807) is 0 Å². The van der Waals surface area contributed by atoms with Crippen molar-refractivity contribution >= 4 is 0 Å². The van der Waals surface area contributed by atoms with Crippen molar-refractivity contribution in [3.63, 3.8) is 0 Å². The molecule has 0 aromatic carbocycles. The predicted octanol–water partition coefficient (Wildman–Crippen LogP) is 1.98. The van der Waals surface area contributed by atoms with E-state index in [1.165, 1.54) is 5.56 Å². The molecule has 2 fully saturated rings. The van der Waals surface area contributed by atoms with Gasteiger partial charge >= 0.3 is 0 Å². The summed E-state index contributed by atoms with van der Waals surface area (Å²) in [5.41, 5.74) is 0.622. The lowest BCUT2D eigenvalue weighted by atomic mass is 9.78. The van der Waals surface area contributed by atoms with Gasteiger partial charge < -0.3 is 9.84 Å². The number of piperidine rings is 1. The van der Waals surface area contributed by atoms with Crippen LogP contribution in [0.25, 0.3) is 0 Å². The van der Waals surface area contributed by atoms with E-state index in [4.69, 9.17) is 4.74 Å². The topological polar surface area (TPSA) is 45.6 Å². The molecule has 0 saturated carbocycles. The van der Waals surface area contributed by atoms with Gasteiger partial charge in [0.2, 0.25) is 0 Å². The second-order valence-corrected chi connectivity index (χ2v) is 6.59. The van der Waals surface area contributed by atoms with Gasteiger partial charge in [-0.1, -0.05) is 6.07 Å². The SMILES string of the molecule is CC1(O)CCOC2(CCN(Cc3cccnc3)CC2)C1. The molecular formula is C16H24N2O2. The number of likely N-dealkylation sites (tertiary alicyclic amines) is 1. The number of hydrogen-bond acceptors (Lipinski definition) is 4. The van der Waals surface area contributed by atoms with Gasteiger partial charge in [-0.25, -0.2) is 0 Å². The molecule has 4 nitrogen and oxygen atoms in total. The number of nitrogens with zero attached hydrogens (tertiary/aromatic N) is 2. The van der Waals surface area contributed by atoms with Gasteiger partial charge in [-0.3, -0.25) is 9.88 Å². The minimum Gasteiger partial charge on any atom is -0.390 e. The van der Waals surface area contributed by atoms with Gasteiger partial charge in [-0.05, 0) is 37.8 Å². The first kappa shape index (κ1) is 14.0. The Kier molecular flexibility index (Phi) is 3.80. The second kappa shape index (κ2) is 5.43. The van der Waals surface area contributed by atoms with Crippen molar-refractivity contribution in [3.05, 3.63) is 30.1 Å². The van der Waals surface area contributed by atoms with Crippen LogP contribution in [-0.4, -0.2) is 45.9 Å². The molecule has 1 atom stereocenters. The lowest BCUT2D eigenvalue weighted by Crippen LogP contribution is -2.53. The maximum Gasteiger partial charge on any atom is 0.0734 e. The Hall–Kier alpha value is -0.970. The molecule has 0 bridgehead atoms. The van der Waals surface area contributed by atoms with Crippen LogP contribution in [0.2, 0.25) is 0 Å². The van der Waals surface area contributed by atoms with Crippen molar-refractivity contribution in [2.75, 3.05) is 19.7 Å². The zero-order valence-corrected chi connectivity index (χ0v) is 12.2. The molecule has 1 aromatic heterocycles. The van der Waals surface area contributed by atoms with E-state index in [0.29, 0.717) is 6.61 Å². The summed E-state index contributed by atoms with van der Waals surface area (Å²) in [6.45, 7) is 5.66. The van der Waals surface area contributed by atoms with E-state index in [9.17, 15) is 5.11 Å². The van der Waals surface area contributed by atoms with Crippen molar-refractivity contribution < 1.29 is 9.84 Å². The summed E-state index contributed by atoms with van der Waals surface area (Å²) in [5.74, 6) is 0. The molecule has 0 aliphatic carbocycles. The molecule has 1 N–H and O–H groups in total. The summed E-state index contributed by atoms with van der Waals surface area (Å²) in [7, 11) is 0. The van der Waals surface area contributed by atoms with Crippen LogP contribution in [0.3, 0.4) is 0 Å². The largest absolute Gasteiger partial charge is 0.390 e. The third kappa shape index (κ3) is 3.19. The lowest BCUT2D eigenvalue weighted by molar-refractivity contribution is -0.173. The first-order valence-electron chi connectivity index (χ1n) is 7.55. The molecule has 2 aliphatic rings. The third-order valence-electron chi connectivity index (χ3n) is 4.65. The van der Waals surface area contributed by atoms with E-state index < -0.39 is 5.60 Å². The van der Waals surface area contributed by atoms with Crippen LogP contribution in [0, 0.1) is 0 Å². The summed E-state index contributed by atoms with van der Waals surface area (Å²) < 4.78 is 6.04. The molecule has 3 rings (SSSR count). The van der Waals surface area contributed by atoms with Crippen LogP contribution in [-0.2, 0) is 11.3 Å². The molecule has 20 heavy (non-hydrogen) atoms. The zero-order valence-electron chi connectivity index (χ0n) is 12.2. The van der Waals surface area contributed by atoms with Crippen LogP contribution in [0.15, 0.2) is 24.5 Å². The van der Waals surface area contributed by atoms with Crippen LogP contribution in [0.1, 0.15) is 38.2 Å². The van der Waals surface area contributed by atoms with Crippen molar-refractivity contribution in [2.45, 2.75) is 50.4 Å². The van der Waals surface area contributed by atoms with Crippen molar-refractivity contribution in [3.8, 4) is 0 Å². The van der Waals surface area contributed by atoms with Crippen molar-refractivity contribution in [1.82, 2.24) is 9.88 Å². The fourth-order valence-electron chi connectivity index (χ4n) is 3.51. The predicted molar refractivity (Wildman–Crippen MR) is 77.3 cm³/mol. The molecule has 2 saturated heterocycles. The quantitative estimate of drug-likeness (QED) is 0.897. The maximum absolute atomic E-state index is 10.3. The Morgan fingerprint density at radius 3 is 2.80 bits per heavy atom. The van der Waals surface area contributed by atoms with E-state index in [2.05, 4.69) is 16.0 Å². The molecule has 3 heterocycles. The normalized spacial score (nSPS) is 30.5. The first-order chi connectivity index (χ1) is 9.57. The summed E-state index contributed by atoms with van der Waals surface area (Å²) in [4.78, 5) is 6.62. The van der Waals surface area contributed by atoms with Gasteiger partial charge in [0.05, 0.1) is 17.8 Å². The first-order valence-corrected chi connectivity index (χ1v) is 7.55. The number of aromatic nitrogens is 1. The van der Waals surface area contributed by atoms with Crippen molar-refractivity contribution in [2.24, 2.45) is 0 Å². The standard InChI is InChI=1S/C16H24N2O2/c1-15(19)6-10-20-16(13-15)4-8-18(9-5-16)12-14-3-2-7-17-11-14/h2-3,7,11,19H,4-6,8-10,12-13H2,1H3. The van der Waals surface area contributed by atoms with E-state index in [1.807, 2.05) is 25.4 Å². The number of pyridine rings is 1. The Balaban J connectivity index is 1.57. The summed E-state index contributed by atoms with van der Waals surface area (Å²) in [6.07, 6.45) is 7.32. The lowest BCUT2D eigenvalue weighted by Gasteiger charge is -2.48. The van der Waals surface area contributed by atoms with Gasteiger partial charge in [0, 0.05) is 38.4 Å². The number of hydrogen-bond donors (Lipinski definition) is 1. The van der Waals surface area contributed by atoms with Crippen LogP contribution >= 0.6 is 0 Å². The monoisotopic (exact) mass is 276 g/mol. The average Bonchev–Trinajstić information content (AvgIpc) is 2.42. The Morgan fingerprint density at radius 2 is 2.15 bits per heavy atom. The molecule has 0 amide bonds. The minimum absolute atomic E-state index is 0.0901. The molecule has 1 unspecified atom stereocenters. The van der Waals surface area contributed by atoms with E-state index in [-0.39, 0.29) is 5.60 Å². The van der Waals surface area contributed by atoms with E-state index >= 15 is 0 Å². The highest BCUT2D eigenvalue weighted by atomic mass is 16.5. The van der Waals surface area contributed by atoms with Gasteiger partial charge in [0.15, 0.2) is 0 Å². The number of rotatable bonds is 2. The second-order valence-electron chi connectivity index (χ2n) is 6.59. The van der Waals surface area contributed by atoms with Gasteiger partial charge in [-0.2, -0.15) is 0 Å². The van der Waals surface area contributed by atoms with Crippen molar-refractivity contribution in [1.29, 1.82) is 0 Å². The fraction of sp³-hybridized carbons (Fsp3) is 0.688. The summed E-state index contributed by atoms with van der Waals surface area (Å²) >= 11 is 0. The zero-order chi connectivity index (χ0) is 14.1. The fourth-order valence-corrected chi connectivity index (χ4v) is 3.51. The van der Waals surface area contributed by atoms with Gasteiger partial charge in [0.25, 0.3) is 0 Å². The van der Waals surface area contributed by atoms with Gasteiger partial charge in [0.1, 0.15) is 0 Å². The van der Waals surface area contributed by atoms with Crippen LogP contribution in [0.4, 0.5) is 0 Å². The molecule has 2 aliphatic heterocycles. The average molecular weight is 276 g/mol.